The summed E-state index contributed by atoms with van der Waals surface area (Å²) in [5.74, 6) is 0. The van der Waals surface area contributed by atoms with E-state index in [1.165, 1.54) is 25.9 Å². The van der Waals surface area contributed by atoms with Gasteiger partial charge in [-0.25, -0.2) is 0 Å². The van der Waals surface area contributed by atoms with E-state index in [1.54, 1.807) is 0 Å². The van der Waals surface area contributed by atoms with Gasteiger partial charge in [0.2, 0.25) is 0 Å². The summed E-state index contributed by atoms with van der Waals surface area (Å²) >= 11 is 0. The molecule has 0 N–H and O–H groups in total. The number of hydrogen-bond acceptors (Lipinski definition) is 0. The van der Waals surface area contributed by atoms with Gasteiger partial charge in [-0.15, -0.1) is 0 Å². The van der Waals surface area contributed by atoms with Crippen molar-refractivity contribution in [2.45, 2.75) is 26.7 Å². The van der Waals surface area contributed by atoms with Gasteiger partial charge in [-0.05, 0) is 25.5 Å². The molecule has 0 bridgehead atoms. The van der Waals surface area contributed by atoms with Crippen molar-refractivity contribution in [3.63, 3.8) is 0 Å². The van der Waals surface area contributed by atoms with Crippen LogP contribution in [0.2, 0.25) is 0 Å². The summed E-state index contributed by atoms with van der Waals surface area (Å²) in [6, 6.07) is 0. The molecule has 0 aliphatic carbocycles. The Bertz CT molecular complexity index is 139. The quantitative estimate of drug-likeness (QED) is 0.400. The van der Waals surface area contributed by atoms with Gasteiger partial charge in [0.25, 0.3) is 0 Å². The number of likely N-dealkylation sites (N-methyl/N-ethyl adjacent to an activating group) is 1. The van der Waals surface area contributed by atoms with Gasteiger partial charge in [0.15, 0.2) is 0 Å². The first-order chi connectivity index (χ1) is 6.24. The van der Waals surface area contributed by atoms with Crippen LogP contribution in [0.4, 0.5) is 0 Å². The number of rotatable bonds is 8. The molecule has 0 rings (SSSR count). The number of unbranched alkanes of at least 4 members (excludes halogenated alkanes) is 1. The van der Waals surface area contributed by atoms with Crippen LogP contribution < -0.4 is 0 Å². The van der Waals surface area contributed by atoms with E-state index in [4.69, 9.17) is 0 Å². The van der Waals surface area contributed by atoms with Gasteiger partial charge >= 0.3 is 0 Å². The molecule has 13 heavy (non-hydrogen) atoms. The predicted octanol–water partition coefficient (Wildman–Crippen LogP) is 3.00. The van der Waals surface area contributed by atoms with E-state index in [0.29, 0.717) is 0 Å². The molecule has 0 amide bonds. The highest BCUT2D eigenvalue weighted by Crippen LogP contribution is 2.09. The lowest BCUT2D eigenvalue weighted by atomic mass is 10.2. The summed E-state index contributed by atoms with van der Waals surface area (Å²) in [5.41, 5.74) is 0. The summed E-state index contributed by atoms with van der Waals surface area (Å²) in [4.78, 5) is 0. The minimum Gasteiger partial charge on any atom is -0.317 e. The Balaban J connectivity index is 4.23. The summed E-state index contributed by atoms with van der Waals surface area (Å²) < 4.78 is 1.13. The van der Waals surface area contributed by atoms with Gasteiger partial charge in [-0.2, -0.15) is 0 Å². The third-order valence-electron chi connectivity index (χ3n) is 2.69. The van der Waals surface area contributed by atoms with Crippen molar-refractivity contribution in [1.82, 2.24) is 0 Å². The third kappa shape index (κ3) is 4.28. The molecule has 0 spiro atoms. The largest absolute Gasteiger partial charge is 0.317 e. The molecule has 0 aromatic rings. The highest BCUT2D eigenvalue weighted by Gasteiger charge is 2.20. The zero-order valence-corrected chi connectivity index (χ0v) is 9.26. The third-order valence-corrected chi connectivity index (χ3v) is 2.69. The van der Waals surface area contributed by atoms with Crippen LogP contribution in [0.5, 0.6) is 0 Å². The summed E-state index contributed by atoms with van der Waals surface area (Å²) in [6.45, 7) is 16.7. The molecule has 0 atom stereocenters. The first-order valence-corrected chi connectivity index (χ1v) is 5.31. The Kier molecular flexibility index (Phi) is 6.61. The van der Waals surface area contributed by atoms with Crippen LogP contribution in [0.25, 0.3) is 0 Å². The van der Waals surface area contributed by atoms with Crippen LogP contribution in [-0.2, 0) is 0 Å². The molecule has 76 valence electrons. The molecular weight excluding hydrogens is 158 g/mol. The van der Waals surface area contributed by atoms with Crippen molar-refractivity contribution in [2.75, 3.05) is 26.2 Å². The number of quaternary nitrogens is 1. The maximum Gasteiger partial charge on any atom is 0.0973 e. The maximum atomic E-state index is 3.83. The van der Waals surface area contributed by atoms with Crippen LogP contribution in [0.1, 0.15) is 26.7 Å². The fourth-order valence-electron chi connectivity index (χ4n) is 1.71. The first kappa shape index (κ1) is 12.4. The molecule has 0 radical (unpaired) electrons. The fraction of sp³-hybridized carbons (Fsp3) is 0.667. The van der Waals surface area contributed by atoms with Crippen LogP contribution in [0, 0.1) is 0 Å². The molecule has 0 fully saturated rings. The summed E-state index contributed by atoms with van der Waals surface area (Å²) in [6.07, 6.45) is 6.63. The average Bonchev–Trinajstić information content (AvgIpc) is 2.15. The molecule has 0 aliphatic rings. The van der Waals surface area contributed by atoms with Gasteiger partial charge in [-0.3, -0.25) is 0 Å². The average molecular weight is 182 g/mol. The Hall–Kier alpha value is -0.560. The van der Waals surface area contributed by atoms with Crippen LogP contribution in [0.3, 0.4) is 0 Å². The van der Waals surface area contributed by atoms with Gasteiger partial charge in [0, 0.05) is 0 Å². The maximum absolute atomic E-state index is 3.83. The van der Waals surface area contributed by atoms with Crippen molar-refractivity contribution < 1.29 is 4.48 Å². The topological polar surface area (TPSA) is 0 Å². The summed E-state index contributed by atoms with van der Waals surface area (Å²) in [7, 11) is 0. The second-order valence-electron chi connectivity index (χ2n) is 3.68. The normalized spacial score (nSPS) is 11.2. The molecular formula is C12H24N+. The predicted molar refractivity (Wildman–Crippen MR) is 60.7 cm³/mol. The molecule has 0 aliphatic heterocycles. The molecule has 1 heteroatoms. The lowest BCUT2D eigenvalue weighted by molar-refractivity contribution is -0.915. The first-order valence-electron chi connectivity index (χ1n) is 5.31. The van der Waals surface area contributed by atoms with Gasteiger partial charge in [0.1, 0.15) is 0 Å². The molecule has 0 saturated carbocycles. The van der Waals surface area contributed by atoms with Crippen LogP contribution >= 0.6 is 0 Å². The van der Waals surface area contributed by atoms with Gasteiger partial charge in [-0.1, -0.05) is 26.5 Å². The van der Waals surface area contributed by atoms with E-state index in [-0.39, 0.29) is 0 Å². The standard InChI is InChI=1S/C12H24N/c1-5-9-12-13(8-4,10-6-2)11-7-3/h6-7H,2-3,5,8-12H2,1,4H3/q+1. The van der Waals surface area contributed by atoms with Gasteiger partial charge < -0.3 is 4.48 Å². The van der Waals surface area contributed by atoms with Crippen molar-refractivity contribution >= 4 is 0 Å². The fourth-order valence-corrected chi connectivity index (χ4v) is 1.71. The van der Waals surface area contributed by atoms with E-state index in [9.17, 15) is 0 Å². The molecule has 0 saturated heterocycles. The van der Waals surface area contributed by atoms with E-state index in [1.807, 2.05) is 12.2 Å². The number of nitrogens with zero attached hydrogens (tertiary/aromatic N) is 1. The Labute approximate surface area is 83.3 Å². The van der Waals surface area contributed by atoms with E-state index < -0.39 is 0 Å². The smallest absolute Gasteiger partial charge is 0.0973 e. The van der Waals surface area contributed by atoms with Crippen LogP contribution in [-0.4, -0.2) is 30.7 Å². The second kappa shape index (κ2) is 6.90. The Morgan fingerprint density at radius 2 is 1.62 bits per heavy atom. The minimum absolute atomic E-state index is 1.07. The van der Waals surface area contributed by atoms with Crippen LogP contribution in [0.15, 0.2) is 25.3 Å². The minimum atomic E-state index is 1.07. The molecule has 0 heterocycles. The second-order valence-corrected chi connectivity index (χ2v) is 3.68. The van der Waals surface area contributed by atoms with E-state index >= 15 is 0 Å². The number of hydrogen-bond donors (Lipinski definition) is 0. The monoisotopic (exact) mass is 182 g/mol. The Morgan fingerprint density at radius 3 is 1.92 bits per heavy atom. The van der Waals surface area contributed by atoms with Crippen molar-refractivity contribution in [3.8, 4) is 0 Å². The lowest BCUT2D eigenvalue weighted by Gasteiger charge is -2.36. The molecule has 0 unspecified atom stereocenters. The zero-order valence-electron chi connectivity index (χ0n) is 9.26. The van der Waals surface area contributed by atoms with Gasteiger partial charge in [0.05, 0.1) is 26.2 Å². The van der Waals surface area contributed by atoms with E-state index in [0.717, 1.165) is 17.6 Å². The molecule has 1 nitrogen and oxygen atoms in total. The molecule has 0 aromatic heterocycles. The lowest BCUT2D eigenvalue weighted by Crippen LogP contribution is -2.48. The van der Waals surface area contributed by atoms with Crippen molar-refractivity contribution in [1.29, 1.82) is 0 Å². The Morgan fingerprint density at radius 1 is 1.08 bits per heavy atom. The summed E-state index contributed by atoms with van der Waals surface area (Å²) in [5, 5.41) is 0. The SMILES string of the molecule is C=CC[N+](CC)(CC=C)CCCC. The van der Waals surface area contributed by atoms with Crippen molar-refractivity contribution in [3.05, 3.63) is 25.3 Å². The van der Waals surface area contributed by atoms with Crippen molar-refractivity contribution in [2.24, 2.45) is 0 Å². The van der Waals surface area contributed by atoms with E-state index in [2.05, 4.69) is 27.0 Å². The molecule has 0 aromatic carbocycles. The highest BCUT2D eigenvalue weighted by atomic mass is 15.3. The highest BCUT2D eigenvalue weighted by molar-refractivity contribution is 4.71. The zero-order chi connectivity index (χ0) is 10.2.